The molecule has 0 unspecified atom stereocenters. The van der Waals surface area contributed by atoms with Crippen LogP contribution in [0.25, 0.3) is 5.69 Å². The first kappa shape index (κ1) is 17.7. The molecular formula is C17H10Cl2N4O3. The molecule has 1 heterocycles. The molecule has 1 atom stereocenters. The number of aromatic nitrogens is 3. The third kappa shape index (κ3) is 3.33. The maximum atomic E-state index is 11.9. The van der Waals surface area contributed by atoms with E-state index in [-0.39, 0.29) is 21.5 Å². The van der Waals surface area contributed by atoms with Crippen molar-refractivity contribution in [2.75, 3.05) is 0 Å². The van der Waals surface area contributed by atoms with Crippen LogP contribution >= 0.6 is 23.2 Å². The molecule has 3 rings (SSSR count). The summed E-state index contributed by atoms with van der Waals surface area (Å²) in [5, 5.41) is 23.0. The molecule has 0 bridgehead atoms. The Balaban J connectivity index is 2.12. The van der Waals surface area contributed by atoms with E-state index < -0.39 is 17.2 Å². The molecule has 3 aromatic rings. The van der Waals surface area contributed by atoms with Crippen molar-refractivity contribution in [1.29, 1.82) is 5.26 Å². The van der Waals surface area contributed by atoms with Crippen molar-refractivity contribution in [3.63, 3.8) is 0 Å². The first-order chi connectivity index (χ1) is 12.4. The van der Waals surface area contributed by atoms with Gasteiger partial charge in [0.15, 0.2) is 0 Å². The molecule has 0 fully saturated rings. The number of rotatable bonds is 3. The molecule has 0 amide bonds. The first-order valence-corrected chi connectivity index (χ1v) is 8.03. The van der Waals surface area contributed by atoms with Crippen LogP contribution in [-0.4, -0.2) is 19.9 Å². The van der Waals surface area contributed by atoms with Crippen LogP contribution in [0.1, 0.15) is 17.0 Å². The van der Waals surface area contributed by atoms with Crippen LogP contribution in [0.2, 0.25) is 10.0 Å². The minimum atomic E-state index is -0.773. The molecule has 0 radical (unpaired) electrons. The summed E-state index contributed by atoms with van der Waals surface area (Å²) in [5.41, 5.74) is -0.166. The van der Waals surface area contributed by atoms with Gasteiger partial charge in [0.2, 0.25) is 0 Å². The average molecular weight is 389 g/mol. The van der Waals surface area contributed by atoms with Crippen LogP contribution in [0.4, 0.5) is 0 Å². The Morgan fingerprint density at radius 2 is 1.77 bits per heavy atom. The zero-order valence-electron chi connectivity index (χ0n) is 13.0. The second-order valence-electron chi connectivity index (χ2n) is 5.33. The molecule has 2 aromatic carbocycles. The summed E-state index contributed by atoms with van der Waals surface area (Å²) in [6.07, 6.45) is 0.950. The number of halogens is 2. The molecule has 2 N–H and O–H groups in total. The second kappa shape index (κ2) is 7.04. The van der Waals surface area contributed by atoms with E-state index in [0.29, 0.717) is 11.1 Å². The zero-order chi connectivity index (χ0) is 18.8. The van der Waals surface area contributed by atoms with E-state index in [4.69, 9.17) is 23.2 Å². The molecule has 7 nitrogen and oxygen atoms in total. The minimum Gasteiger partial charge on any atom is -0.508 e. The highest BCUT2D eigenvalue weighted by Gasteiger charge is 2.21. The van der Waals surface area contributed by atoms with Gasteiger partial charge in [-0.25, -0.2) is 4.79 Å². The van der Waals surface area contributed by atoms with Gasteiger partial charge in [-0.2, -0.15) is 15.0 Å². The zero-order valence-corrected chi connectivity index (χ0v) is 14.5. The van der Waals surface area contributed by atoms with E-state index in [9.17, 15) is 20.0 Å². The molecule has 1 aromatic heterocycles. The molecule has 9 heteroatoms. The highest BCUT2D eigenvalue weighted by atomic mass is 35.5. The third-order valence-electron chi connectivity index (χ3n) is 3.67. The van der Waals surface area contributed by atoms with Crippen molar-refractivity contribution in [2.24, 2.45) is 0 Å². The number of hydrogen-bond acceptors (Lipinski definition) is 5. The minimum absolute atomic E-state index is 0.0708. The second-order valence-corrected chi connectivity index (χ2v) is 6.14. The van der Waals surface area contributed by atoms with Gasteiger partial charge in [-0.05, 0) is 29.8 Å². The standard InChI is InChI=1S/C17H10Cl2N4O3/c18-13-5-10(23-17(26)22-15(25)8-21-23)6-14(19)16(13)12(7-20)9-1-3-11(24)4-2-9/h1-6,8,12,24H,(H,22,25,26)/t12-/m0/s1. The van der Waals surface area contributed by atoms with Gasteiger partial charge in [0, 0.05) is 15.6 Å². The number of aromatic amines is 1. The maximum Gasteiger partial charge on any atom is 0.349 e. The molecule has 130 valence electrons. The molecule has 0 spiro atoms. The van der Waals surface area contributed by atoms with Crippen molar-refractivity contribution in [3.05, 3.63) is 84.6 Å². The summed E-state index contributed by atoms with van der Waals surface area (Å²) >= 11 is 12.6. The fourth-order valence-corrected chi connectivity index (χ4v) is 3.17. The topological polar surface area (TPSA) is 112 Å². The number of phenolic OH excluding ortho intramolecular Hbond substituents is 1. The van der Waals surface area contributed by atoms with Crippen LogP contribution in [0, 0.1) is 11.3 Å². The van der Waals surface area contributed by atoms with E-state index in [1.807, 2.05) is 0 Å². The molecule has 26 heavy (non-hydrogen) atoms. The van der Waals surface area contributed by atoms with Gasteiger partial charge in [0.25, 0.3) is 5.56 Å². The predicted molar refractivity (Wildman–Crippen MR) is 96.0 cm³/mol. The predicted octanol–water partition coefficient (Wildman–Crippen LogP) is 2.59. The van der Waals surface area contributed by atoms with Crippen molar-refractivity contribution < 1.29 is 5.11 Å². The van der Waals surface area contributed by atoms with Crippen molar-refractivity contribution in [1.82, 2.24) is 14.8 Å². The summed E-state index contributed by atoms with van der Waals surface area (Å²) in [5.74, 6) is -0.702. The van der Waals surface area contributed by atoms with Gasteiger partial charge in [0.05, 0.1) is 17.7 Å². The SMILES string of the molecule is N#C[C@@H](c1ccc(O)cc1)c1c(Cl)cc(-n2ncc(=O)[nH]c2=O)cc1Cl. The smallest absolute Gasteiger partial charge is 0.349 e. The summed E-state index contributed by atoms with van der Waals surface area (Å²) < 4.78 is 0.935. The van der Waals surface area contributed by atoms with E-state index >= 15 is 0 Å². The number of nitrogens with zero attached hydrogens (tertiary/aromatic N) is 3. The van der Waals surface area contributed by atoms with Crippen LogP contribution in [0.15, 0.2) is 52.2 Å². The van der Waals surface area contributed by atoms with Crippen LogP contribution in [0.3, 0.4) is 0 Å². The summed E-state index contributed by atoms with van der Waals surface area (Å²) in [6, 6.07) is 11.1. The van der Waals surface area contributed by atoms with Crippen LogP contribution in [0.5, 0.6) is 5.75 Å². The number of hydrogen-bond donors (Lipinski definition) is 2. The highest BCUT2D eigenvalue weighted by Crippen LogP contribution is 2.37. The number of phenols is 1. The lowest BCUT2D eigenvalue weighted by Gasteiger charge is -2.15. The first-order valence-electron chi connectivity index (χ1n) is 7.27. The quantitative estimate of drug-likeness (QED) is 0.715. The fourth-order valence-electron chi connectivity index (χ4n) is 2.48. The van der Waals surface area contributed by atoms with Crippen LogP contribution < -0.4 is 11.2 Å². The largest absolute Gasteiger partial charge is 0.508 e. The van der Waals surface area contributed by atoms with Gasteiger partial charge in [-0.1, -0.05) is 35.3 Å². The lowest BCUT2D eigenvalue weighted by Crippen LogP contribution is -2.30. The van der Waals surface area contributed by atoms with Gasteiger partial charge in [-0.15, -0.1) is 0 Å². The Morgan fingerprint density at radius 1 is 1.15 bits per heavy atom. The maximum absolute atomic E-state index is 11.9. The number of nitriles is 1. The summed E-state index contributed by atoms with van der Waals surface area (Å²) in [6.45, 7) is 0. The Morgan fingerprint density at radius 3 is 2.31 bits per heavy atom. The van der Waals surface area contributed by atoms with E-state index in [2.05, 4.69) is 16.2 Å². The Kier molecular flexibility index (Phi) is 4.80. The molecule has 0 aliphatic carbocycles. The Bertz CT molecular complexity index is 1110. The van der Waals surface area contributed by atoms with Gasteiger partial charge >= 0.3 is 5.69 Å². The Labute approximate surface area is 156 Å². The number of benzene rings is 2. The molecule has 0 saturated heterocycles. The average Bonchev–Trinajstić information content (AvgIpc) is 2.59. The lowest BCUT2D eigenvalue weighted by molar-refractivity contribution is 0.475. The lowest BCUT2D eigenvalue weighted by atomic mass is 9.92. The Hall–Kier alpha value is -3.08. The van der Waals surface area contributed by atoms with E-state index in [1.165, 1.54) is 24.3 Å². The van der Waals surface area contributed by atoms with Gasteiger partial charge in [-0.3, -0.25) is 9.78 Å². The van der Waals surface area contributed by atoms with Gasteiger partial charge in [0.1, 0.15) is 11.9 Å². The van der Waals surface area contributed by atoms with E-state index in [0.717, 1.165) is 10.9 Å². The normalized spacial score (nSPS) is 11.7. The number of nitrogens with one attached hydrogen (secondary N) is 1. The summed E-state index contributed by atoms with van der Waals surface area (Å²) in [4.78, 5) is 25.1. The highest BCUT2D eigenvalue weighted by molar-refractivity contribution is 6.36. The van der Waals surface area contributed by atoms with Crippen molar-refractivity contribution in [2.45, 2.75) is 5.92 Å². The van der Waals surface area contributed by atoms with Crippen LogP contribution in [-0.2, 0) is 0 Å². The van der Waals surface area contributed by atoms with Gasteiger partial charge < -0.3 is 5.11 Å². The number of H-pyrrole nitrogens is 1. The van der Waals surface area contributed by atoms with Crippen molar-refractivity contribution in [3.8, 4) is 17.5 Å². The summed E-state index contributed by atoms with van der Waals surface area (Å²) in [7, 11) is 0. The molecule has 0 saturated carbocycles. The monoisotopic (exact) mass is 388 g/mol. The third-order valence-corrected chi connectivity index (χ3v) is 4.29. The van der Waals surface area contributed by atoms with Crippen molar-refractivity contribution >= 4 is 23.2 Å². The number of aromatic hydroxyl groups is 1. The van der Waals surface area contributed by atoms with E-state index in [1.54, 1.807) is 12.1 Å². The molecule has 0 aliphatic heterocycles. The molecule has 0 aliphatic rings. The fraction of sp³-hybridized carbons (Fsp3) is 0.0588. The molecular weight excluding hydrogens is 379 g/mol.